The molecule has 0 saturated heterocycles. The molecule has 130 valence electrons. The second-order valence-electron chi connectivity index (χ2n) is 5.35. The summed E-state index contributed by atoms with van der Waals surface area (Å²) in [7, 11) is 0. The molecule has 2 N–H and O–H groups in total. The average Bonchev–Trinajstić information content (AvgIpc) is 2.62. The minimum absolute atomic E-state index is 0. The molecule has 0 radical (unpaired) electrons. The fourth-order valence-corrected chi connectivity index (χ4v) is 2.23. The van der Waals surface area contributed by atoms with Gasteiger partial charge in [-0.15, -0.1) is 0 Å². The standard InChI is InChI=1S/C18H18N6O.2H2/c1-3-15-20-12(2)21-18(23-15)24-16-11-13(9-10-19-16)17(25)22-14-7-5-4-6-8-14;;/h4-11H,3H2,1-2H3,(H,22,25)(H,19,20,21,23,24);2*1H. The highest BCUT2D eigenvalue weighted by molar-refractivity contribution is 6.04. The van der Waals surface area contributed by atoms with Crippen molar-refractivity contribution in [2.75, 3.05) is 10.6 Å². The van der Waals surface area contributed by atoms with Crippen molar-refractivity contribution in [1.82, 2.24) is 19.9 Å². The van der Waals surface area contributed by atoms with Gasteiger partial charge in [-0.05, 0) is 31.2 Å². The summed E-state index contributed by atoms with van der Waals surface area (Å²) in [6.45, 7) is 3.79. The number of pyridine rings is 1. The van der Waals surface area contributed by atoms with E-state index in [0.717, 1.165) is 5.69 Å². The summed E-state index contributed by atoms with van der Waals surface area (Å²) < 4.78 is 0. The summed E-state index contributed by atoms with van der Waals surface area (Å²) in [6, 6.07) is 12.6. The number of amides is 1. The van der Waals surface area contributed by atoms with Gasteiger partial charge in [0.15, 0.2) is 0 Å². The molecule has 7 nitrogen and oxygen atoms in total. The Hall–Kier alpha value is -3.35. The van der Waals surface area contributed by atoms with E-state index in [0.29, 0.717) is 35.4 Å². The number of para-hydroxylation sites is 1. The quantitative estimate of drug-likeness (QED) is 0.738. The van der Waals surface area contributed by atoms with Crippen molar-refractivity contribution < 1.29 is 7.65 Å². The Labute approximate surface area is 148 Å². The van der Waals surface area contributed by atoms with E-state index in [-0.39, 0.29) is 8.76 Å². The maximum atomic E-state index is 12.4. The monoisotopic (exact) mass is 338 g/mol. The molecule has 0 atom stereocenters. The van der Waals surface area contributed by atoms with E-state index in [1.165, 1.54) is 0 Å². The third-order valence-corrected chi connectivity index (χ3v) is 3.40. The largest absolute Gasteiger partial charge is 0.322 e. The number of carbonyl (C=O) groups excluding carboxylic acids is 1. The molecule has 1 amide bonds. The lowest BCUT2D eigenvalue weighted by molar-refractivity contribution is 0.102. The Kier molecular flexibility index (Phi) is 4.94. The van der Waals surface area contributed by atoms with E-state index in [2.05, 4.69) is 30.6 Å². The van der Waals surface area contributed by atoms with Crippen LogP contribution in [-0.4, -0.2) is 25.8 Å². The second-order valence-corrected chi connectivity index (χ2v) is 5.35. The van der Waals surface area contributed by atoms with Crippen LogP contribution in [0.25, 0.3) is 0 Å². The molecule has 0 spiro atoms. The second kappa shape index (κ2) is 7.48. The first-order valence-electron chi connectivity index (χ1n) is 7.95. The SMILES string of the molecule is CCc1nc(C)nc(Nc2cc(C(=O)Nc3ccccc3)ccn2)n1.[HH].[HH]. The summed E-state index contributed by atoms with van der Waals surface area (Å²) in [5, 5.41) is 5.87. The molecule has 3 rings (SSSR count). The zero-order valence-electron chi connectivity index (χ0n) is 14.0. The molecule has 1 aromatic carbocycles. The summed E-state index contributed by atoms with van der Waals surface area (Å²) in [6.07, 6.45) is 2.28. The Morgan fingerprint density at radius 3 is 2.68 bits per heavy atom. The van der Waals surface area contributed by atoms with Gasteiger partial charge in [-0.3, -0.25) is 4.79 Å². The minimum atomic E-state index is -0.210. The summed E-state index contributed by atoms with van der Waals surface area (Å²) in [5.74, 6) is 2.03. The molecular weight excluding hydrogens is 316 g/mol. The van der Waals surface area contributed by atoms with Gasteiger partial charge in [-0.1, -0.05) is 25.1 Å². The van der Waals surface area contributed by atoms with Crippen molar-refractivity contribution in [3.63, 3.8) is 0 Å². The van der Waals surface area contributed by atoms with Crippen LogP contribution in [0.15, 0.2) is 48.7 Å². The maximum Gasteiger partial charge on any atom is 0.255 e. The van der Waals surface area contributed by atoms with E-state index in [1.807, 2.05) is 44.2 Å². The number of hydrogen-bond acceptors (Lipinski definition) is 6. The third kappa shape index (κ3) is 4.35. The van der Waals surface area contributed by atoms with Gasteiger partial charge in [0, 0.05) is 26.7 Å². The first-order valence-corrected chi connectivity index (χ1v) is 7.95. The van der Waals surface area contributed by atoms with Crippen LogP contribution in [0.3, 0.4) is 0 Å². The fraction of sp³-hybridized carbons (Fsp3) is 0.167. The number of carbonyl (C=O) groups is 1. The van der Waals surface area contributed by atoms with Crippen molar-refractivity contribution in [2.24, 2.45) is 0 Å². The lowest BCUT2D eigenvalue weighted by atomic mass is 10.2. The molecule has 0 saturated carbocycles. The smallest absolute Gasteiger partial charge is 0.255 e. The normalized spacial score (nSPS) is 10.3. The Morgan fingerprint density at radius 2 is 1.92 bits per heavy atom. The van der Waals surface area contributed by atoms with Crippen molar-refractivity contribution in [3.8, 4) is 0 Å². The number of anilines is 3. The van der Waals surface area contributed by atoms with Gasteiger partial charge in [0.05, 0.1) is 0 Å². The minimum Gasteiger partial charge on any atom is -0.322 e. The van der Waals surface area contributed by atoms with Crippen molar-refractivity contribution in [1.29, 1.82) is 0 Å². The van der Waals surface area contributed by atoms with Crippen molar-refractivity contribution in [3.05, 3.63) is 65.9 Å². The van der Waals surface area contributed by atoms with Gasteiger partial charge in [0.2, 0.25) is 5.95 Å². The van der Waals surface area contributed by atoms with Crippen LogP contribution >= 0.6 is 0 Å². The van der Waals surface area contributed by atoms with E-state index in [9.17, 15) is 4.79 Å². The molecule has 0 aliphatic rings. The van der Waals surface area contributed by atoms with Gasteiger partial charge in [0.25, 0.3) is 5.91 Å². The molecule has 0 aliphatic heterocycles. The fourth-order valence-electron chi connectivity index (χ4n) is 2.23. The molecule has 7 heteroatoms. The van der Waals surface area contributed by atoms with Crippen LogP contribution in [0.2, 0.25) is 0 Å². The van der Waals surface area contributed by atoms with E-state index in [4.69, 9.17) is 0 Å². The number of aryl methyl sites for hydroxylation is 2. The maximum absolute atomic E-state index is 12.4. The van der Waals surface area contributed by atoms with Crippen LogP contribution < -0.4 is 10.6 Å². The topological polar surface area (TPSA) is 92.7 Å². The zero-order valence-corrected chi connectivity index (χ0v) is 14.0. The highest BCUT2D eigenvalue weighted by Crippen LogP contribution is 2.14. The molecule has 2 heterocycles. The van der Waals surface area contributed by atoms with E-state index in [1.54, 1.807) is 18.3 Å². The zero-order chi connectivity index (χ0) is 17.6. The van der Waals surface area contributed by atoms with E-state index >= 15 is 0 Å². The van der Waals surface area contributed by atoms with Crippen LogP contribution in [0, 0.1) is 6.92 Å². The average molecular weight is 338 g/mol. The summed E-state index contributed by atoms with van der Waals surface area (Å²) >= 11 is 0. The highest BCUT2D eigenvalue weighted by Gasteiger charge is 2.09. The van der Waals surface area contributed by atoms with Gasteiger partial charge in [-0.25, -0.2) is 9.97 Å². The Balaban J connectivity index is 0.00000182. The van der Waals surface area contributed by atoms with Gasteiger partial charge in [0.1, 0.15) is 17.5 Å². The van der Waals surface area contributed by atoms with Crippen LogP contribution in [0.4, 0.5) is 17.5 Å². The molecule has 0 fully saturated rings. The van der Waals surface area contributed by atoms with Crippen LogP contribution in [0.1, 0.15) is 31.8 Å². The molecule has 3 aromatic rings. The number of rotatable bonds is 5. The first kappa shape index (κ1) is 16.5. The summed E-state index contributed by atoms with van der Waals surface area (Å²) in [5.41, 5.74) is 1.22. The predicted octanol–water partition coefficient (Wildman–Crippen LogP) is 3.63. The third-order valence-electron chi connectivity index (χ3n) is 3.40. The van der Waals surface area contributed by atoms with Crippen molar-refractivity contribution in [2.45, 2.75) is 20.3 Å². The lowest BCUT2D eigenvalue weighted by Gasteiger charge is -2.08. The van der Waals surface area contributed by atoms with Gasteiger partial charge in [-0.2, -0.15) is 9.97 Å². The number of nitrogens with zero attached hydrogens (tertiary/aromatic N) is 4. The number of benzene rings is 1. The summed E-state index contributed by atoms with van der Waals surface area (Å²) in [4.78, 5) is 29.4. The highest BCUT2D eigenvalue weighted by atomic mass is 16.1. The lowest BCUT2D eigenvalue weighted by Crippen LogP contribution is -2.12. The Bertz CT molecular complexity index is 892. The van der Waals surface area contributed by atoms with Crippen LogP contribution in [-0.2, 0) is 6.42 Å². The van der Waals surface area contributed by atoms with Gasteiger partial charge < -0.3 is 10.6 Å². The van der Waals surface area contributed by atoms with E-state index < -0.39 is 0 Å². The molecule has 25 heavy (non-hydrogen) atoms. The Morgan fingerprint density at radius 1 is 1.12 bits per heavy atom. The predicted molar refractivity (Wildman–Crippen MR) is 100 cm³/mol. The number of nitrogens with one attached hydrogen (secondary N) is 2. The van der Waals surface area contributed by atoms with Crippen molar-refractivity contribution >= 4 is 23.4 Å². The molecule has 0 aliphatic carbocycles. The first-order chi connectivity index (χ1) is 12.1. The molecule has 2 aromatic heterocycles. The molecular formula is C18H22N6O. The van der Waals surface area contributed by atoms with Gasteiger partial charge >= 0.3 is 0 Å². The molecule has 0 bridgehead atoms. The molecule has 0 unspecified atom stereocenters. The number of hydrogen-bond donors (Lipinski definition) is 2. The van der Waals surface area contributed by atoms with Crippen LogP contribution in [0.5, 0.6) is 0 Å². The number of aromatic nitrogens is 4.